The maximum atomic E-state index is 13.1. The lowest BCUT2D eigenvalue weighted by atomic mass is 10.0. The fourth-order valence-electron chi connectivity index (χ4n) is 3.12. The van der Waals surface area contributed by atoms with E-state index in [4.69, 9.17) is 16.3 Å². The summed E-state index contributed by atoms with van der Waals surface area (Å²) in [6, 6.07) is 14.6. The van der Waals surface area contributed by atoms with E-state index in [-0.39, 0.29) is 17.5 Å². The molecular weight excluding hydrogens is 376 g/mol. The molecule has 3 rings (SSSR count). The quantitative estimate of drug-likeness (QED) is 0.533. The van der Waals surface area contributed by atoms with Crippen LogP contribution >= 0.6 is 11.6 Å². The van der Waals surface area contributed by atoms with E-state index < -0.39 is 0 Å². The van der Waals surface area contributed by atoms with Crippen LogP contribution in [0.2, 0.25) is 5.02 Å². The van der Waals surface area contributed by atoms with Crippen molar-refractivity contribution >= 4 is 34.7 Å². The van der Waals surface area contributed by atoms with Crippen LogP contribution in [0, 0.1) is 6.92 Å². The maximum absolute atomic E-state index is 13.1. The van der Waals surface area contributed by atoms with Crippen molar-refractivity contribution in [3.8, 4) is 0 Å². The Morgan fingerprint density at radius 1 is 1.07 bits per heavy atom. The van der Waals surface area contributed by atoms with E-state index in [9.17, 15) is 9.59 Å². The average molecular weight is 399 g/mol. The smallest absolute Gasteiger partial charge is 0.278 e. The standard InChI is InChI=1S/C22H23ClN2O3/c1-3-28-13-5-12-25-21(26)19(16-8-10-17(23)11-9-16)20(22(25)27)24-18-7-4-6-15(2)14-18/h4,6-11,14,24H,3,5,12-13H2,1-2H3. The number of amides is 2. The molecule has 28 heavy (non-hydrogen) atoms. The number of hydrogen-bond acceptors (Lipinski definition) is 4. The summed E-state index contributed by atoms with van der Waals surface area (Å²) in [6.45, 7) is 5.31. The number of rotatable bonds is 8. The molecule has 0 bridgehead atoms. The van der Waals surface area contributed by atoms with Gasteiger partial charge in [-0.15, -0.1) is 0 Å². The highest BCUT2D eigenvalue weighted by atomic mass is 35.5. The SMILES string of the molecule is CCOCCCN1C(=O)C(Nc2cccc(C)c2)=C(c2ccc(Cl)cc2)C1=O. The Bertz CT molecular complexity index is 906. The van der Waals surface area contributed by atoms with Gasteiger partial charge in [0.1, 0.15) is 5.70 Å². The van der Waals surface area contributed by atoms with E-state index in [1.807, 2.05) is 38.1 Å². The molecule has 0 unspecified atom stereocenters. The fraction of sp³-hybridized carbons (Fsp3) is 0.273. The summed E-state index contributed by atoms with van der Waals surface area (Å²) >= 11 is 5.99. The van der Waals surface area contributed by atoms with Gasteiger partial charge in [0, 0.05) is 30.5 Å². The number of carbonyl (C=O) groups excluding carboxylic acids is 2. The van der Waals surface area contributed by atoms with Gasteiger partial charge in [0.05, 0.1) is 5.57 Å². The van der Waals surface area contributed by atoms with Crippen molar-refractivity contribution in [1.82, 2.24) is 4.90 Å². The van der Waals surface area contributed by atoms with E-state index in [1.54, 1.807) is 24.3 Å². The van der Waals surface area contributed by atoms with E-state index >= 15 is 0 Å². The van der Waals surface area contributed by atoms with Crippen LogP contribution in [0.15, 0.2) is 54.2 Å². The zero-order valence-corrected chi connectivity index (χ0v) is 16.8. The minimum atomic E-state index is -0.326. The third-order valence-corrected chi connectivity index (χ3v) is 4.71. The Balaban J connectivity index is 1.93. The van der Waals surface area contributed by atoms with Crippen molar-refractivity contribution in [3.05, 3.63) is 70.4 Å². The number of nitrogens with one attached hydrogen (secondary N) is 1. The molecule has 1 aliphatic rings. The Morgan fingerprint density at radius 2 is 1.82 bits per heavy atom. The molecule has 146 valence electrons. The third kappa shape index (κ3) is 4.43. The van der Waals surface area contributed by atoms with Crippen LogP contribution in [-0.2, 0) is 14.3 Å². The number of aryl methyl sites for hydroxylation is 1. The number of hydrogen-bond donors (Lipinski definition) is 1. The molecule has 0 aliphatic carbocycles. The summed E-state index contributed by atoms with van der Waals surface area (Å²) in [5, 5.41) is 3.73. The molecule has 1 heterocycles. The minimum Gasteiger partial charge on any atom is -0.382 e. The van der Waals surface area contributed by atoms with Gasteiger partial charge >= 0.3 is 0 Å². The summed E-state index contributed by atoms with van der Waals surface area (Å²) in [6.07, 6.45) is 0.594. The summed E-state index contributed by atoms with van der Waals surface area (Å²) < 4.78 is 5.33. The Hall–Kier alpha value is -2.63. The second kappa shape index (κ2) is 9.04. The van der Waals surface area contributed by atoms with E-state index in [2.05, 4.69) is 5.32 Å². The van der Waals surface area contributed by atoms with Crippen LogP contribution in [-0.4, -0.2) is 36.5 Å². The van der Waals surface area contributed by atoms with Crippen LogP contribution in [0.25, 0.3) is 5.57 Å². The first kappa shape index (κ1) is 20.1. The zero-order chi connectivity index (χ0) is 20.1. The van der Waals surface area contributed by atoms with Crippen LogP contribution < -0.4 is 5.32 Å². The largest absolute Gasteiger partial charge is 0.382 e. The molecule has 2 amide bonds. The number of nitrogens with zero attached hydrogens (tertiary/aromatic N) is 1. The molecule has 2 aromatic rings. The highest BCUT2D eigenvalue weighted by molar-refractivity contribution is 6.36. The predicted octanol–water partition coefficient (Wildman–Crippen LogP) is 4.27. The lowest BCUT2D eigenvalue weighted by molar-refractivity contribution is -0.137. The number of anilines is 1. The van der Waals surface area contributed by atoms with E-state index in [1.165, 1.54) is 4.90 Å². The highest BCUT2D eigenvalue weighted by Crippen LogP contribution is 2.31. The van der Waals surface area contributed by atoms with Gasteiger partial charge in [0.2, 0.25) is 0 Å². The molecule has 0 atom stereocenters. The minimum absolute atomic E-state index is 0.286. The summed E-state index contributed by atoms with van der Waals surface area (Å²) in [5.74, 6) is -0.632. The summed E-state index contributed by atoms with van der Waals surface area (Å²) in [5.41, 5.74) is 3.13. The van der Waals surface area contributed by atoms with Gasteiger partial charge in [-0.25, -0.2) is 0 Å². The van der Waals surface area contributed by atoms with Crippen LogP contribution in [0.5, 0.6) is 0 Å². The Morgan fingerprint density at radius 3 is 2.50 bits per heavy atom. The molecule has 6 heteroatoms. The lowest BCUT2D eigenvalue weighted by Gasteiger charge is -2.15. The summed E-state index contributed by atoms with van der Waals surface area (Å²) in [7, 11) is 0. The molecule has 1 N–H and O–H groups in total. The number of carbonyl (C=O) groups is 2. The first-order chi connectivity index (χ1) is 13.5. The maximum Gasteiger partial charge on any atom is 0.278 e. The van der Waals surface area contributed by atoms with Crippen LogP contribution in [0.4, 0.5) is 5.69 Å². The Kier molecular flexibility index (Phi) is 6.49. The van der Waals surface area contributed by atoms with Gasteiger partial charge in [-0.2, -0.15) is 0 Å². The average Bonchev–Trinajstić information content (AvgIpc) is 2.90. The molecule has 2 aromatic carbocycles. The van der Waals surface area contributed by atoms with Crippen molar-refractivity contribution in [2.45, 2.75) is 20.3 Å². The van der Waals surface area contributed by atoms with Crippen molar-refractivity contribution in [2.24, 2.45) is 0 Å². The lowest BCUT2D eigenvalue weighted by Crippen LogP contribution is -2.34. The fourth-order valence-corrected chi connectivity index (χ4v) is 3.24. The normalized spacial score (nSPS) is 14.2. The van der Waals surface area contributed by atoms with Crippen molar-refractivity contribution in [2.75, 3.05) is 25.1 Å². The number of benzene rings is 2. The molecule has 0 saturated carbocycles. The predicted molar refractivity (Wildman–Crippen MR) is 111 cm³/mol. The zero-order valence-electron chi connectivity index (χ0n) is 16.0. The van der Waals surface area contributed by atoms with Crippen LogP contribution in [0.3, 0.4) is 0 Å². The summed E-state index contributed by atoms with van der Waals surface area (Å²) in [4.78, 5) is 27.4. The third-order valence-electron chi connectivity index (χ3n) is 4.46. The topological polar surface area (TPSA) is 58.6 Å². The Labute approximate surface area is 169 Å². The first-order valence-corrected chi connectivity index (χ1v) is 9.67. The number of halogens is 1. The molecule has 0 radical (unpaired) electrons. The van der Waals surface area contributed by atoms with Gasteiger partial charge < -0.3 is 10.1 Å². The van der Waals surface area contributed by atoms with Crippen molar-refractivity contribution in [1.29, 1.82) is 0 Å². The molecule has 1 aliphatic heterocycles. The second-order valence-electron chi connectivity index (χ2n) is 6.56. The van der Waals surface area contributed by atoms with Gasteiger partial charge in [0.25, 0.3) is 11.8 Å². The monoisotopic (exact) mass is 398 g/mol. The van der Waals surface area contributed by atoms with Gasteiger partial charge in [-0.3, -0.25) is 14.5 Å². The van der Waals surface area contributed by atoms with E-state index in [0.717, 1.165) is 11.3 Å². The molecule has 0 spiro atoms. The van der Waals surface area contributed by atoms with Crippen LogP contribution in [0.1, 0.15) is 24.5 Å². The number of imide groups is 1. The molecule has 0 fully saturated rings. The molecule has 0 aromatic heterocycles. The molecular formula is C22H23ClN2O3. The van der Waals surface area contributed by atoms with Crippen molar-refractivity contribution < 1.29 is 14.3 Å². The number of ether oxygens (including phenoxy) is 1. The highest BCUT2D eigenvalue weighted by Gasteiger charge is 2.38. The van der Waals surface area contributed by atoms with E-state index in [0.29, 0.717) is 42.3 Å². The molecule has 0 saturated heterocycles. The molecule has 5 nitrogen and oxygen atoms in total. The van der Waals surface area contributed by atoms with Gasteiger partial charge in [-0.1, -0.05) is 35.9 Å². The van der Waals surface area contributed by atoms with Gasteiger partial charge in [0.15, 0.2) is 0 Å². The van der Waals surface area contributed by atoms with Crippen molar-refractivity contribution in [3.63, 3.8) is 0 Å². The van der Waals surface area contributed by atoms with Gasteiger partial charge in [-0.05, 0) is 55.7 Å². The first-order valence-electron chi connectivity index (χ1n) is 9.29. The second-order valence-corrected chi connectivity index (χ2v) is 7.00.